The molecule has 1 aliphatic carbocycles. The average Bonchev–Trinajstić information content (AvgIpc) is 3.19. The molecule has 0 radical (unpaired) electrons. The summed E-state index contributed by atoms with van der Waals surface area (Å²) in [5.41, 5.74) is 3.19. The Kier molecular flexibility index (Phi) is 5.31. The van der Waals surface area contributed by atoms with Crippen molar-refractivity contribution in [1.82, 2.24) is 14.8 Å². The predicted octanol–water partition coefficient (Wildman–Crippen LogP) is 4.94. The molecule has 5 nitrogen and oxygen atoms in total. The van der Waals surface area contributed by atoms with Crippen molar-refractivity contribution >= 4 is 34.7 Å². The summed E-state index contributed by atoms with van der Waals surface area (Å²) in [6, 6.07) is 10.7. The highest BCUT2D eigenvalue weighted by Gasteiger charge is 2.30. The number of thiophene rings is 1. The number of aromatic nitrogens is 3. The lowest BCUT2D eigenvalue weighted by atomic mass is 10.1. The topological polar surface area (TPSA) is 59.8 Å². The first-order valence-corrected chi connectivity index (χ1v) is 11.0. The van der Waals surface area contributed by atoms with Gasteiger partial charge in [-0.1, -0.05) is 43.0 Å². The number of hydrogen-bond donors (Lipinski definition) is 1. The van der Waals surface area contributed by atoms with Crippen molar-refractivity contribution < 1.29 is 4.79 Å². The average molecular weight is 399 g/mol. The lowest BCUT2D eigenvalue weighted by Crippen LogP contribution is -2.16. The first-order valence-electron chi connectivity index (χ1n) is 9.17. The summed E-state index contributed by atoms with van der Waals surface area (Å²) in [5, 5.41) is 14.7. The van der Waals surface area contributed by atoms with Crippen LogP contribution in [0, 0.1) is 6.92 Å². The Bertz CT molecular complexity index is 945. The summed E-state index contributed by atoms with van der Waals surface area (Å²) < 4.78 is 2.20. The van der Waals surface area contributed by atoms with E-state index in [4.69, 9.17) is 0 Å². The molecule has 2 aromatic heterocycles. The second kappa shape index (κ2) is 7.86. The van der Waals surface area contributed by atoms with Gasteiger partial charge in [-0.25, -0.2) is 0 Å². The quantitative estimate of drug-likeness (QED) is 0.573. The van der Waals surface area contributed by atoms with Gasteiger partial charge in [0.1, 0.15) is 0 Å². The van der Waals surface area contributed by atoms with Gasteiger partial charge in [-0.05, 0) is 48.8 Å². The van der Waals surface area contributed by atoms with Crippen molar-refractivity contribution in [3.8, 4) is 10.7 Å². The van der Waals surface area contributed by atoms with Gasteiger partial charge < -0.3 is 5.32 Å². The van der Waals surface area contributed by atoms with Crippen LogP contribution in [0.1, 0.15) is 36.9 Å². The Labute approximate surface area is 167 Å². The molecule has 2 heterocycles. The van der Waals surface area contributed by atoms with E-state index < -0.39 is 0 Å². The van der Waals surface area contributed by atoms with E-state index in [1.165, 1.54) is 11.8 Å². The molecule has 140 valence electrons. The second-order valence-electron chi connectivity index (χ2n) is 6.68. The molecule has 1 aliphatic rings. The lowest BCUT2D eigenvalue weighted by Gasteiger charge is -2.13. The summed E-state index contributed by atoms with van der Waals surface area (Å²) in [6.45, 7) is 4.13. The van der Waals surface area contributed by atoms with Gasteiger partial charge in [0.25, 0.3) is 0 Å². The van der Waals surface area contributed by atoms with Crippen LogP contribution in [0.25, 0.3) is 10.7 Å². The Hall–Kier alpha value is -2.12. The van der Waals surface area contributed by atoms with Gasteiger partial charge in [-0.15, -0.1) is 21.5 Å². The number of thioether (sulfide) groups is 1. The molecule has 1 fully saturated rings. The Morgan fingerprint density at radius 2 is 2.15 bits per heavy atom. The van der Waals surface area contributed by atoms with E-state index in [2.05, 4.69) is 44.5 Å². The number of para-hydroxylation sites is 1. The molecular weight excluding hydrogens is 376 g/mol. The number of anilines is 1. The van der Waals surface area contributed by atoms with Gasteiger partial charge in [0.2, 0.25) is 5.91 Å². The number of rotatable bonds is 7. The van der Waals surface area contributed by atoms with Gasteiger partial charge in [0, 0.05) is 11.7 Å². The van der Waals surface area contributed by atoms with Gasteiger partial charge in [-0.3, -0.25) is 9.36 Å². The maximum Gasteiger partial charge on any atom is 0.234 e. The zero-order chi connectivity index (χ0) is 18.8. The first-order chi connectivity index (χ1) is 13.2. The minimum Gasteiger partial charge on any atom is -0.325 e. The smallest absolute Gasteiger partial charge is 0.234 e. The maximum absolute atomic E-state index is 12.6. The van der Waals surface area contributed by atoms with E-state index in [9.17, 15) is 4.79 Å². The van der Waals surface area contributed by atoms with Crippen LogP contribution >= 0.6 is 23.1 Å². The summed E-state index contributed by atoms with van der Waals surface area (Å²) in [5.74, 6) is 1.24. The van der Waals surface area contributed by atoms with Crippen LogP contribution in [0.3, 0.4) is 0 Å². The molecular formula is C20H22N4OS2. The molecule has 1 saturated carbocycles. The van der Waals surface area contributed by atoms with Crippen LogP contribution in [-0.2, 0) is 11.2 Å². The minimum absolute atomic E-state index is 0.00739. The second-order valence-corrected chi connectivity index (χ2v) is 8.57. The van der Waals surface area contributed by atoms with Gasteiger partial charge in [0.15, 0.2) is 11.0 Å². The molecule has 0 spiro atoms. The van der Waals surface area contributed by atoms with Gasteiger partial charge in [0.05, 0.1) is 10.6 Å². The maximum atomic E-state index is 12.6. The first kappa shape index (κ1) is 18.3. The van der Waals surface area contributed by atoms with Crippen molar-refractivity contribution in [1.29, 1.82) is 0 Å². The summed E-state index contributed by atoms with van der Waals surface area (Å²) >= 11 is 3.13. The third-order valence-corrected chi connectivity index (χ3v) is 6.46. The number of carbonyl (C=O) groups is 1. The highest BCUT2D eigenvalue weighted by atomic mass is 32.2. The molecule has 1 aromatic carbocycles. The van der Waals surface area contributed by atoms with E-state index in [1.54, 1.807) is 11.3 Å². The number of benzene rings is 1. The normalized spacial score (nSPS) is 13.7. The Morgan fingerprint density at radius 1 is 1.30 bits per heavy atom. The van der Waals surface area contributed by atoms with Crippen molar-refractivity contribution in [2.24, 2.45) is 0 Å². The minimum atomic E-state index is -0.00739. The largest absolute Gasteiger partial charge is 0.325 e. The number of amides is 1. The summed E-state index contributed by atoms with van der Waals surface area (Å²) in [6.07, 6.45) is 3.20. The molecule has 27 heavy (non-hydrogen) atoms. The molecule has 0 unspecified atom stereocenters. The van der Waals surface area contributed by atoms with Crippen molar-refractivity contribution in [2.75, 3.05) is 11.1 Å². The fraction of sp³-hybridized carbons (Fsp3) is 0.350. The van der Waals surface area contributed by atoms with E-state index in [1.807, 2.05) is 25.1 Å². The van der Waals surface area contributed by atoms with Crippen LogP contribution in [0.2, 0.25) is 0 Å². The van der Waals surface area contributed by atoms with Crippen LogP contribution in [0.4, 0.5) is 5.69 Å². The van der Waals surface area contributed by atoms with Crippen molar-refractivity contribution in [3.05, 3.63) is 46.8 Å². The molecule has 0 bridgehead atoms. The molecule has 0 atom stereocenters. The third-order valence-electron chi connectivity index (χ3n) is 4.65. The van der Waals surface area contributed by atoms with E-state index >= 15 is 0 Å². The van der Waals surface area contributed by atoms with E-state index in [0.29, 0.717) is 11.8 Å². The van der Waals surface area contributed by atoms with Crippen LogP contribution in [0.5, 0.6) is 0 Å². The van der Waals surface area contributed by atoms with E-state index in [0.717, 1.165) is 51.9 Å². The fourth-order valence-corrected chi connectivity index (χ4v) is 4.63. The highest BCUT2D eigenvalue weighted by molar-refractivity contribution is 7.99. The SMILES string of the molecule is CCc1cccc(C)c1NC(=O)CSc1nnc(-c2cccs2)n1C1CC1. The number of hydrogen-bond acceptors (Lipinski definition) is 5. The lowest BCUT2D eigenvalue weighted by molar-refractivity contribution is -0.113. The molecule has 7 heteroatoms. The summed E-state index contributed by atoms with van der Waals surface area (Å²) in [4.78, 5) is 13.7. The molecule has 0 aliphatic heterocycles. The molecule has 1 amide bonds. The molecule has 1 N–H and O–H groups in total. The van der Waals surface area contributed by atoms with Gasteiger partial charge >= 0.3 is 0 Å². The zero-order valence-electron chi connectivity index (χ0n) is 15.4. The van der Waals surface area contributed by atoms with Gasteiger partial charge in [-0.2, -0.15) is 0 Å². The van der Waals surface area contributed by atoms with Crippen molar-refractivity contribution in [3.63, 3.8) is 0 Å². The Morgan fingerprint density at radius 3 is 2.85 bits per heavy atom. The van der Waals surface area contributed by atoms with Crippen LogP contribution < -0.4 is 5.32 Å². The molecule has 3 aromatic rings. The number of carbonyl (C=O) groups excluding carboxylic acids is 1. The monoisotopic (exact) mass is 398 g/mol. The molecule has 0 saturated heterocycles. The van der Waals surface area contributed by atoms with Crippen LogP contribution in [-0.4, -0.2) is 26.4 Å². The van der Waals surface area contributed by atoms with Crippen molar-refractivity contribution in [2.45, 2.75) is 44.3 Å². The van der Waals surface area contributed by atoms with E-state index in [-0.39, 0.29) is 5.91 Å². The Balaban J connectivity index is 1.47. The standard InChI is InChI=1S/C20H22N4OS2/c1-3-14-7-4-6-13(2)18(14)21-17(25)12-27-20-23-22-19(16-8-5-11-26-16)24(20)15-9-10-15/h4-8,11,15H,3,9-10,12H2,1-2H3,(H,21,25). The number of nitrogens with zero attached hydrogens (tertiary/aromatic N) is 3. The fourth-order valence-electron chi connectivity index (χ4n) is 3.12. The summed E-state index contributed by atoms with van der Waals surface area (Å²) in [7, 11) is 0. The molecule has 4 rings (SSSR count). The number of nitrogens with one attached hydrogen (secondary N) is 1. The zero-order valence-corrected chi connectivity index (χ0v) is 17.1. The number of aryl methyl sites for hydroxylation is 2. The highest BCUT2D eigenvalue weighted by Crippen LogP contribution is 2.41. The van der Waals surface area contributed by atoms with Crippen LogP contribution in [0.15, 0.2) is 40.9 Å². The third kappa shape index (κ3) is 3.94. The predicted molar refractivity (Wildman–Crippen MR) is 112 cm³/mol.